The Kier molecular flexibility index (Phi) is 3.30. The fraction of sp³-hybridized carbons (Fsp3) is 1.00. The van der Waals surface area contributed by atoms with E-state index in [1.54, 1.807) is 0 Å². The lowest BCUT2D eigenvalue weighted by atomic mass is 9.90. The maximum atomic E-state index is 9.48. The van der Waals surface area contributed by atoms with Crippen LogP contribution in [-0.4, -0.2) is 35.5 Å². The van der Waals surface area contributed by atoms with Gasteiger partial charge in [-0.3, -0.25) is 0 Å². The van der Waals surface area contributed by atoms with Crippen LogP contribution in [-0.2, 0) is 0 Å². The van der Waals surface area contributed by atoms with Crippen LogP contribution in [0.2, 0.25) is 0 Å². The molecule has 3 nitrogen and oxygen atoms in total. The molecule has 0 spiro atoms. The Labute approximate surface area is 67.4 Å². The number of aliphatic hydroxyl groups excluding tert-OH is 2. The van der Waals surface area contributed by atoms with Gasteiger partial charge in [0.05, 0.1) is 12.2 Å². The molecule has 0 aliphatic carbocycles. The van der Waals surface area contributed by atoms with Gasteiger partial charge < -0.3 is 15.5 Å². The van der Waals surface area contributed by atoms with Crippen LogP contribution in [0.4, 0.5) is 0 Å². The first kappa shape index (κ1) is 8.97. The lowest BCUT2D eigenvalue weighted by Crippen LogP contribution is -2.50. The fourth-order valence-electron chi connectivity index (χ4n) is 1.62. The molecule has 1 saturated heterocycles. The quantitative estimate of drug-likeness (QED) is 0.520. The van der Waals surface area contributed by atoms with Gasteiger partial charge in [-0.1, -0.05) is 13.3 Å². The summed E-state index contributed by atoms with van der Waals surface area (Å²) >= 11 is 0. The van der Waals surface area contributed by atoms with Crippen molar-refractivity contribution in [3.05, 3.63) is 0 Å². The Morgan fingerprint density at radius 3 is 2.73 bits per heavy atom. The number of nitrogens with one attached hydrogen (secondary N) is 1. The summed E-state index contributed by atoms with van der Waals surface area (Å²) in [5, 5.41) is 21.8. The second-order valence-corrected chi connectivity index (χ2v) is 3.26. The lowest BCUT2D eigenvalue weighted by molar-refractivity contribution is -0.0371. The Bertz CT molecular complexity index is 117. The molecule has 0 aromatic carbocycles. The highest BCUT2D eigenvalue weighted by molar-refractivity contribution is 4.83. The summed E-state index contributed by atoms with van der Waals surface area (Å²) in [4.78, 5) is 0. The van der Waals surface area contributed by atoms with Crippen molar-refractivity contribution in [3.63, 3.8) is 0 Å². The van der Waals surface area contributed by atoms with E-state index in [-0.39, 0.29) is 5.92 Å². The molecule has 0 bridgehead atoms. The highest BCUT2D eigenvalue weighted by Crippen LogP contribution is 2.16. The predicted molar refractivity (Wildman–Crippen MR) is 43.3 cm³/mol. The van der Waals surface area contributed by atoms with Crippen LogP contribution in [0, 0.1) is 5.92 Å². The van der Waals surface area contributed by atoms with Gasteiger partial charge in [0.2, 0.25) is 0 Å². The third kappa shape index (κ3) is 2.15. The summed E-state index contributed by atoms with van der Waals surface area (Å²) in [6.07, 6.45) is 0.970. The Hall–Kier alpha value is -0.120. The molecule has 11 heavy (non-hydrogen) atoms. The molecule has 0 saturated carbocycles. The molecule has 0 radical (unpaired) electrons. The molecule has 0 amide bonds. The average molecular weight is 159 g/mol. The molecule has 1 aliphatic heterocycles. The number of rotatable bonds is 2. The molecule has 1 rings (SSSR count). The minimum atomic E-state index is -0.569. The predicted octanol–water partition coefficient (Wildman–Crippen LogP) is -0.272. The molecule has 1 aliphatic rings. The van der Waals surface area contributed by atoms with Crippen LogP contribution in [0.15, 0.2) is 0 Å². The van der Waals surface area contributed by atoms with Crippen molar-refractivity contribution >= 4 is 0 Å². The SMILES string of the molecule is CCC[C@@H]1CNC[C@@H](O)[C@@H]1O. The van der Waals surface area contributed by atoms with Gasteiger partial charge in [-0.05, 0) is 12.3 Å². The Morgan fingerprint density at radius 1 is 1.36 bits per heavy atom. The first-order valence-corrected chi connectivity index (χ1v) is 4.32. The minimum Gasteiger partial charge on any atom is -0.390 e. The van der Waals surface area contributed by atoms with Gasteiger partial charge in [-0.2, -0.15) is 0 Å². The van der Waals surface area contributed by atoms with Crippen LogP contribution < -0.4 is 5.32 Å². The first-order valence-electron chi connectivity index (χ1n) is 4.32. The molecule has 3 N–H and O–H groups in total. The van der Waals surface area contributed by atoms with Crippen molar-refractivity contribution in [2.45, 2.75) is 32.0 Å². The van der Waals surface area contributed by atoms with Gasteiger partial charge >= 0.3 is 0 Å². The number of aliphatic hydroxyl groups is 2. The zero-order valence-electron chi connectivity index (χ0n) is 6.95. The summed E-state index contributed by atoms with van der Waals surface area (Å²) in [7, 11) is 0. The van der Waals surface area contributed by atoms with E-state index in [1.165, 1.54) is 0 Å². The molecule has 0 aromatic heterocycles. The first-order chi connectivity index (χ1) is 5.25. The van der Waals surface area contributed by atoms with Crippen molar-refractivity contribution in [2.75, 3.05) is 13.1 Å². The van der Waals surface area contributed by atoms with E-state index in [1.807, 2.05) is 0 Å². The number of hydrogen-bond acceptors (Lipinski definition) is 3. The lowest BCUT2D eigenvalue weighted by Gasteiger charge is -2.32. The van der Waals surface area contributed by atoms with Crippen molar-refractivity contribution in [3.8, 4) is 0 Å². The van der Waals surface area contributed by atoms with E-state index in [9.17, 15) is 10.2 Å². The maximum Gasteiger partial charge on any atom is 0.0926 e. The van der Waals surface area contributed by atoms with Gasteiger partial charge in [-0.25, -0.2) is 0 Å². The Balaban J connectivity index is 2.38. The van der Waals surface area contributed by atoms with Crippen molar-refractivity contribution in [1.29, 1.82) is 0 Å². The standard InChI is InChI=1S/C8H17NO2/c1-2-3-6-4-9-5-7(10)8(6)11/h6-11H,2-5H2,1H3/t6-,7-,8-/m1/s1. The van der Waals surface area contributed by atoms with Gasteiger partial charge in [0, 0.05) is 13.1 Å². The van der Waals surface area contributed by atoms with Crippen molar-refractivity contribution in [1.82, 2.24) is 5.32 Å². The van der Waals surface area contributed by atoms with Crippen LogP contribution in [0.5, 0.6) is 0 Å². The summed E-state index contributed by atoms with van der Waals surface area (Å²) in [5.41, 5.74) is 0. The van der Waals surface area contributed by atoms with Gasteiger partial charge in [0.25, 0.3) is 0 Å². The van der Waals surface area contributed by atoms with Gasteiger partial charge in [0.15, 0.2) is 0 Å². The molecule has 1 heterocycles. The smallest absolute Gasteiger partial charge is 0.0926 e. The summed E-state index contributed by atoms with van der Waals surface area (Å²) in [6, 6.07) is 0. The number of β-amino-alcohol motifs (C(OH)–C–C–N with tert-alkyl or cyclic N) is 1. The third-order valence-electron chi connectivity index (χ3n) is 2.30. The van der Waals surface area contributed by atoms with Crippen LogP contribution >= 0.6 is 0 Å². The number of piperidine rings is 1. The molecular weight excluding hydrogens is 142 g/mol. The minimum absolute atomic E-state index is 0.240. The van der Waals surface area contributed by atoms with E-state index in [2.05, 4.69) is 12.2 Å². The second-order valence-electron chi connectivity index (χ2n) is 3.26. The van der Waals surface area contributed by atoms with E-state index in [4.69, 9.17) is 0 Å². The highest BCUT2D eigenvalue weighted by atomic mass is 16.3. The fourth-order valence-corrected chi connectivity index (χ4v) is 1.62. The number of hydrogen-bond donors (Lipinski definition) is 3. The Morgan fingerprint density at radius 2 is 2.09 bits per heavy atom. The van der Waals surface area contributed by atoms with Crippen LogP contribution in [0.1, 0.15) is 19.8 Å². The summed E-state index contributed by atoms with van der Waals surface area (Å²) in [5.74, 6) is 0.240. The zero-order valence-corrected chi connectivity index (χ0v) is 6.95. The van der Waals surface area contributed by atoms with E-state index in [0.29, 0.717) is 6.54 Å². The van der Waals surface area contributed by atoms with Gasteiger partial charge in [0.1, 0.15) is 0 Å². The second kappa shape index (κ2) is 4.04. The summed E-state index contributed by atoms with van der Waals surface area (Å²) < 4.78 is 0. The monoisotopic (exact) mass is 159 g/mol. The van der Waals surface area contributed by atoms with E-state index in [0.717, 1.165) is 19.4 Å². The van der Waals surface area contributed by atoms with Crippen LogP contribution in [0.3, 0.4) is 0 Å². The van der Waals surface area contributed by atoms with E-state index < -0.39 is 12.2 Å². The largest absolute Gasteiger partial charge is 0.390 e. The van der Waals surface area contributed by atoms with Crippen molar-refractivity contribution < 1.29 is 10.2 Å². The molecule has 0 aromatic rings. The average Bonchev–Trinajstić information content (AvgIpc) is 1.99. The third-order valence-corrected chi connectivity index (χ3v) is 2.30. The molecule has 3 atom stereocenters. The van der Waals surface area contributed by atoms with Crippen LogP contribution in [0.25, 0.3) is 0 Å². The summed E-state index contributed by atoms with van der Waals surface area (Å²) in [6.45, 7) is 3.46. The zero-order chi connectivity index (χ0) is 8.27. The molecule has 66 valence electrons. The van der Waals surface area contributed by atoms with E-state index >= 15 is 0 Å². The van der Waals surface area contributed by atoms with Gasteiger partial charge in [-0.15, -0.1) is 0 Å². The topological polar surface area (TPSA) is 52.5 Å². The normalized spacial score (nSPS) is 39.0. The van der Waals surface area contributed by atoms with Crippen molar-refractivity contribution in [2.24, 2.45) is 5.92 Å². The highest BCUT2D eigenvalue weighted by Gasteiger charge is 2.29. The molecule has 3 heteroatoms. The maximum absolute atomic E-state index is 9.48. The molecule has 0 unspecified atom stereocenters. The molecule has 1 fully saturated rings. The molecular formula is C8H17NO2.